The van der Waals surface area contributed by atoms with Crippen molar-refractivity contribution < 1.29 is 28.6 Å². The molecule has 1 unspecified atom stereocenters. The number of allylic oxidation sites excluding steroid dienone is 4. The predicted molar refractivity (Wildman–Crippen MR) is 130 cm³/mol. The van der Waals surface area contributed by atoms with Crippen LogP contribution in [0.1, 0.15) is 57.8 Å². The summed E-state index contributed by atoms with van der Waals surface area (Å²) in [4.78, 5) is 29.8. The molecule has 1 aliphatic heterocycles. The van der Waals surface area contributed by atoms with Gasteiger partial charge in [-0.05, 0) is 50.3 Å². The zero-order valence-electron chi connectivity index (χ0n) is 20.6. The van der Waals surface area contributed by atoms with Gasteiger partial charge in [-0.25, -0.2) is 9.37 Å². The minimum absolute atomic E-state index is 0.0455. The van der Waals surface area contributed by atoms with E-state index in [1.807, 2.05) is 19.1 Å². The maximum absolute atomic E-state index is 17.4. The Morgan fingerprint density at radius 1 is 1.38 bits per heavy atom. The van der Waals surface area contributed by atoms with Crippen LogP contribution >= 0.6 is 11.6 Å². The monoisotopic (exact) mass is 526 g/mol. The lowest BCUT2D eigenvalue weighted by Crippen LogP contribution is -2.69. The molecule has 0 spiro atoms. The molecule has 1 aromatic heterocycles. The first kappa shape index (κ1) is 24.9. The Kier molecular flexibility index (Phi) is 5.40. The first-order valence-electron chi connectivity index (χ1n) is 12.6. The summed E-state index contributed by atoms with van der Waals surface area (Å²) in [5.41, 5.74) is -4.41. The zero-order valence-corrected chi connectivity index (χ0v) is 21.4. The summed E-state index contributed by atoms with van der Waals surface area (Å²) in [6.45, 7) is 3.62. The van der Waals surface area contributed by atoms with Gasteiger partial charge in [0.25, 0.3) is 0 Å². The van der Waals surface area contributed by atoms with Crippen LogP contribution in [-0.2, 0) is 19.1 Å². The van der Waals surface area contributed by atoms with Crippen LogP contribution in [0.15, 0.2) is 42.1 Å². The molecule has 2 saturated carbocycles. The second-order valence-electron chi connectivity index (χ2n) is 11.5. The highest BCUT2D eigenvalue weighted by atomic mass is 35.5. The van der Waals surface area contributed by atoms with E-state index in [1.54, 1.807) is 25.1 Å². The Morgan fingerprint density at radius 2 is 2.16 bits per heavy atom. The molecule has 37 heavy (non-hydrogen) atoms. The van der Waals surface area contributed by atoms with Crippen molar-refractivity contribution in [2.75, 3.05) is 0 Å². The molecule has 2 heterocycles. The van der Waals surface area contributed by atoms with Crippen molar-refractivity contribution >= 4 is 23.2 Å². The van der Waals surface area contributed by atoms with E-state index in [1.165, 1.54) is 12.3 Å². The predicted octanol–water partition coefficient (Wildman–Crippen LogP) is 4.35. The number of aliphatic hydroxyl groups is 1. The Bertz CT molecular complexity index is 1310. The van der Waals surface area contributed by atoms with Gasteiger partial charge in [0.2, 0.25) is 0 Å². The fourth-order valence-corrected chi connectivity index (χ4v) is 8.46. The Hall–Kier alpha value is -2.44. The third-order valence-corrected chi connectivity index (χ3v) is 10.2. The number of hydrogen-bond donors (Lipinski definition) is 1. The molecule has 3 fully saturated rings. The van der Waals surface area contributed by atoms with Crippen molar-refractivity contribution in [1.29, 1.82) is 5.26 Å². The van der Waals surface area contributed by atoms with E-state index in [0.717, 1.165) is 0 Å². The molecule has 1 saturated heterocycles. The van der Waals surface area contributed by atoms with Gasteiger partial charge in [0.05, 0.1) is 24.7 Å². The Balaban J connectivity index is 1.45. The van der Waals surface area contributed by atoms with Gasteiger partial charge in [0.15, 0.2) is 29.1 Å². The number of carbonyl (C=O) groups excluding carboxylic acids is 2. The number of rotatable bonds is 3. The van der Waals surface area contributed by atoms with Crippen molar-refractivity contribution in [1.82, 2.24) is 4.98 Å². The number of ether oxygens (including phenoxy) is 2. The average Bonchev–Trinajstić information content (AvgIpc) is 3.35. The molecule has 1 aromatic rings. The second kappa shape index (κ2) is 8.03. The number of ketones is 2. The molecular weight excluding hydrogens is 499 g/mol. The molecule has 7 nitrogen and oxygen atoms in total. The lowest BCUT2D eigenvalue weighted by molar-refractivity contribution is -0.226. The van der Waals surface area contributed by atoms with Crippen molar-refractivity contribution in [2.45, 2.75) is 75.7 Å². The first-order valence-corrected chi connectivity index (χ1v) is 13.0. The van der Waals surface area contributed by atoms with Crippen LogP contribution in [0.2, 0.25) is 5.15 Å². The van der Waals surface area contributed by atoms with Crippen molar-refractivity contribution in [3.05, 3.63) is 52.8 Å². The van der Waals surface area contributed by atoms with Gasteiger partial charge in [-0.15, -0.1) is 0 Å². The highest BCUT2D eigenvalue weighted by Gasteiger charge is 2.79. The molecular formula is C28H28ClFN2O5. The van der Waals surface area contributed by atoms with E-state index < -0.39 is 52.3 Å². The van der Waals surface area contributed by atoms with Crippen LogP contribution in [-0.4, -0.2) is 45.1 Å². The SMILES string of the molecule is C[C@]12C=CC(=O)CC1=CC[C@H]1[C@@H]3C[C@H]4OC(c5ccnc(Cl)c5)O[C@@]4(C(=O)CC#N)[C@@]3(C)C[C@H](O)[C@@]12F. The van der Waals surface area contributed by atoms with E-state index in [4.69, 9.17) is 21.1 Å². The molecule has 4 aliphatic carbocycles. The van der Waals surface area contributed by atoms with Crippen LogP contribution in [0, 0.1) is 34.0 Å². The normalized spacial score (nSPS) is 45.8. The summed E-state index contributed by atoms with van der Waals surface area (Å²) in [6, 6.07) is 5.24. The largest absolute Gasteiger partial charge is 0.390 e. The van der Waals surface area contributed by atoms with Gasteiger partial charge >= 0.3 is 0 Å². The van der Waals surface area contributed by atoms with E-state index in [0.29, 0.717) is 24.0 Å². The van der Waals surface area contributed by atoms with Crippen LogP contribution in [0.3, 0.4) is 0 Å². The standard InChI is InChI=1S/C28H28ClFN2O5/c1-25-8-5-17(33)12-16(25)3-4-18-19-13-22-28(20(34)6-9-31,26(19,2)14-21(35)27(18,25)30)37-24(36-22)15-7-10-32-23(29)11-15/h3,5,7-8,10-11,18-19,21-22,24,35H,4,6,12-14H2,1-2H3/t18-,19-,21-,22+,24?,25-,26-,27-,28+/m0/s1. The highest BCUT2D eigenvalue weighted by Crippen LogP contribution is 2.72. The van der Waals surface area contributed by atoms with Gasteiger partial charge in [-0.3, -0.25) is 9.59 Å². The summed E-state index contributed by atoms with van der Waals surface area (Å²) >= 11 is 6.08. The summed E-state index contributed by atoms with van der Waals surface area (Å²) in [6.07, 6.45) is 3.78. The number of halogens is 2. The zero-order chi connectivity index (χ0) is 26.4. The van der Waals surface area contributed by atoms with Crippen LogP contribution in [0.25, 0.3) is 0 Å². The third-order valence-electron chi connectivity index (χ3n) is 10.0. The number of alkyl halides is 1. The quantitative estimate of drug-likeness (QED) is 0.460. The van der Waals surface area contributed by atoms with Crippen LogP contribution in [0.4, 0.5) is 4.39 Å². The highest BCUT2D eigenvalue weighted by molar-refractivity contribution is 6.29. The summed E-state index contributed by atoms with van der Waals surface area (Å²) in [5.74, 6) is -1.50. The molecule has 0 amide bonds. The van der Waals surface area contributed by atoms with E-state index in [-0.39, 0.29) is 36.1 Å². The van der Waals surface area contributed by atoms with Gasteiger partial charge in [-0.1, -0.05) is 36.2 Å². The van der Waals surface area contributed by atoms with Gasteiger partial charge in [0, 0.05) is 34.9 Å². The number of Topliss-reactive ketones (excluding diaryl/α,β-unsaturated/α-hetero) is 1. The van der Waals surface area contributed by atoms with E-state index >= 15 is 4.39 Å². The number of carbonyl (C=O) groups is 2. The number of aliphatic hydroxyl groups excluding tert-OH is 1. The third kappa shape index (κ3) is 3.00. The van der Waals surface area contributed by atoms with Crippen molar-refractivity contribution in [2.24, 2.45) is 22.7 Å². The first-order chi connectivity index (χ1) is 17.5. The topological polar surface area (TPSA) is 110 Å². The Morgan fingerprint density at radius 3 is 2.89 bits per heavy atom. The summed E-state index contributed by atoms with van der Waals surface area (Å²) in [7, 11) is 0. The molecule has 5 aliphatic rings. The fourth-order valence-electron chi connectivity index (χ4n) is 8.28. The van der Waals surface area contributed by atoms with E-state index in [2.05, 4.69) is 4.98 Å². The molecule has 0 bridgehead atoms. The van der Waals surface area contributed by atoms with Crippen LogP contribution < -0.4 is 0 Å². The molecule has 9 heteroatoms. The van der Waals surface area contributed by atoms with Crippen molar-refractivity contribution in [3.63, 3.8) is 0 Å². The number of nitriles is 1. The molecule has 0 radical (unpaired) electrons. The number of pyridine rings is 1. The number of nitrogens with zero attached hydrogens (tertiary/aromatic N) is 2. The van der Waals surface area contributed by atoms with Crippen LogP contribution in [0.5, 0.6) is 0 Å². The molecule has 1 N–H and O–H groups in total. The number of fused-ring (bicyclic) bond motifs is 7. The maximum Gasteiger partial charge on any atom is 0.185 e. The lowest BCUT2D eigenvalue weighted by Gasteiger charge is -2.62. The van der Waals surface area contributed by atoms with Gasteiger partial charge < -0.3 is 14.6 Å². The molecule has 194 valence electrons. The van der Waals surface area contributed by atoms with Gasteiger partial charge in [-0.2, -0.15) is 5.26 Å². The Labute approximate surface area is 219 Å². The molecule has 9 atom stereocenters. The van der Waals surface area contributed by atoms with Crippen molar-refractivity contribution in [3.8, 4) is 6.07 Å². The minimum atomic E-state index is -2.03. The fraction of sp³-hybridized carbons (Fsp3) is 0.571. The number of aromatic nitrogens is 1. The van der Waals surface area contributed by atoms with Gasteiger partial charge in [0.1, 0.15) is 5.15 Å². The molecule has 6 rings (SSSR count). The van der Waals surface area contributed by atoms with E-state index in [9.17, 15) is 20.0 Å². The average molecular weight is 527 g/mol. The smallest absolute Gasteiger partial charge is 0.185 e. The minimum Gasteiger partial charge on any atom is -0.390 e. The summed E-state index contributed by atoms with van der Waals surface area (Å²) in [5, 5.41) is 21.3. The maximum atomic E-state index is 17.4. The second-order valence-corrected chi connectivity index (χ2v) is 11.9. The number of hydrogen-bond acceptors (Lipinski definition) is 7. The molecule has 0 aromatic carbocycles. The lowest BCUT2D eigenvalue weighted by atomic mass is 9.45. The summed E-state index contributed by atoms with van der Waals surface area (Å²) < 4.78 is 30.2.